The number of piperazine rings is 1. The number of anilines is 1. The lowest BCUT2D eigenvalue weighted by Crippen LogP contribution is -2.51. The zero-order valence-electron chi connectivity index (χ0n) is 13.5. The van der Waals surface area contributed by atoms with Crippen molar-refractivity contribution in [2.24, 2.45) is 0 Å². The fraction of sp³-hybridized carbons (Fsp3) is 0.562. The Hall–Kier alpha value is -0.810. The van der Waals surface area contributed by atoms with E-state index >= 15 is 0 Å². The van der Waals surface area contributed by atoms with Gasteiger partial charge in [-0.25, -0.2) is 0 Å². The second-order valence-corrected chi connectivity index (χ2v) is 5.69. The zero-order valence-corrected chi connectivity index (χ0v) is 15.1. The molecule has 1 heterocycles. The topological polar surface area (TPSA) is 44.4 Å². The number of para-hydroxylation sites is 1. The highest BCUT2D eigenvalue weighted by molar-refractivity contribution is 5.95. The third-order valence-corrected chi connectivity index (χ3v) is 3.92. The Kier molecular flexibility index (Phi) is 9.69. The van der Waals surface area contributed by atoms with E-state index < -0.39 is 0 Å². The summed E-state index contributed by atoms with van der Waals surface area (Å²) in [5, 5.41) is 6.40. The van der Waals surface area contributed by atoms with Crippen LogP contribution in [0.15, 0.2) is 24.3 Å². The fourth-order valence-corrected chi connectivity index (χ4v) is 2.59. The third-order valence-electron chi connectivity index (χ3n) is 3.92. The van der Waals surface area contributed by atoms with Crippen LogP contribution in [0.1, 0.15) is 32.3 Å². The lowest BCUT2D eigenvalue weighted by Gasteiger charge is -2.32. The molecule has 1 saturated heterocycles. The highest BCUT2D eigenvalue weighted by atomic mass is 35.5. The average molecular weight is 348 g/mol. The van der Waals surface area contributed by atoms with Crippen molar-refractivity contribution in [3.8, 4) is 0 Å². The van der Waals surface area contributed by atoms with Crippen LogP contribution in [0.5, 0.6) is 0 Å². The first-order chi connectivity index (χ1) is 9.59. The molecule has 1 aromatic rings. The van der Waals surface area contributed by atoms with Gasteiger partial charge in [0.1, 0.15) is 0 Å². The summed E-state index contributed by atoms with van der Waals surface area (Å²) in [6, 6.07) is 7.96. The first kappa shape index (κ1) is 21.2. The summed E-state index contributed by atoms with van der Waals surface area (Å²) in [5.74, 6) is 0.487. The van der Waals surface area contributed by atoms with Gasteiger partial charge in [0, 0.05) is 31.9 Å². The highest BCUT2D eigenvalue weighted by Gasteiger charge is 2.23. The maximum atomic E-state index is 12.4. The number of carbonyl (C=O) groups excluding carboxylic acids is 1. The minimum Gasteiger partial charge on any atom is -0.324 e. The minimum absolute atomic E-state index is 0. The van der Waals surface area contributed by atoms with Gasteiger partial charge in [-0.05, 0) is 24.5 Å². The van der Waals surface area contributed by atoms with Gasteiger partial charge in [0.25, 0.3) is 0 Å². The third kappa shape index (κ3) is 5.43. The van der Waals surface area contributed by atoms with Crippen molar-refractivity contribution in [1.29, 1.82) is 0 Å². The average Bonchev–Trinajstić information content (AvgIpc) is 2.47. The molecule has 1 aromatic carbocycles. The van der Waals surface area contributed by atoms with E-state index in [1.807, 2.05) is 25.1 Å². The van der Waals surface area contributed by atoms with E-state index in [2.05, 4.69) is 35.4 Å². The molecule has 0 spiro atoms. The summed E-state index contributed by atoms with van der Waals surface area (Å²) in [5.41, 5.74) is 2.13. The van der Waals surface area contributed by atoms with Crippen LogP contribution in [0, 0.1) is 0 Å². The summed E-state index contributed by atoms with van der Waals surface area (Å²) in [6.07, 6.45) is 0. The Bertz CT molecular complexity index is 462. The van der Waals surface area contributed by atoms with Crippen LogP contribution in [0.25, 0.3) is 0 Å². The molecule has 1 aliphatic rings. The van der Waals surface area contributed by atoms with Gasteiger partial charge in [-0.2, -0.15) is 0 Å². The van der Waals surface area contributed by atoms with E-state index in [0.717, 1.165) is 31.9 Å². The Morgan fingerprint density at radius 1 is 1.14 bits per heavy atom. The van der Waals surface area contributed by atoms with E-state index in [4.69, 9.17) is 0 Å². The van der Waals surface area contributed by atoms with Crippen LogP contribution in [0.4, 0.5) is 5.69 Å². The number of amides is 1. The van der Waals surface area contributed by atoms with E-state index in [1.54, 1.807) is 0 Å². The van der Waals surface area contributed by atoms with Gasteiger partial charge < -0.3 is 10.6 Å². The maximum Gasteiger partial charge on any atom is 0.241 e. The van der Waals surface area contributed by atoms with Crippen molar-refractivity contribution in [3.05, 3.63) is 29.8 Å². The predicted molar refractivity (Wildman–Crippen MR) is 97.6 cm³/mol. The number of carbonyl (C=O) groups is 1. The van der Waals surface area contributed by atoms with Gasteiger partial charge >= 0.3 is 0 Å². The number of nitrogens with zero attached hydrogens (tertiary/aromatic N) is 1. The molecular formula is C16H27Cl2N3O. The predicted octanol–water partition coefficient (Wildman–Crippen LogP) is 2.89. The van der Waals surface area contributed by atoms with Crippen LogP contribution in [0.3, 0.4) is 0 Å². The van der Waals surface area contributed by atoms with Gasteiger partial charge in [-0.3, -0.25) is 9.69 Å². The quantitative estimate of drug-likeness (QED) is 0.880. The number of rotatable bonds is 4. The number of halogens is 2. The van der Waals surface area contributed by atoms with Crippen molar-refractivity contribution < 1.29 is 4.79 Å². The Morgan fingerprint density at radius 2 is 1.73 bits per heavy atom. The normalized spacial score (nSPS) is 16.4. The lowest BCUT2D eigenvalue weighted by atomic mass is 10.0. The van der Waals surface area contributed by atoms with Crippen LogP contribution < -0.4 is 10.6 Å². The fourth-order valence-electron chi connectivity index (χ4n) is 2.59. The summed E-state index contributed by atoms with van der Waals surface area (Å²) in [6.45, 7) is 10.1. The molecular weight excluding hydrogens is 321 g/mol. The first-order valence-corrected chi connectivity index (χ1v) is 7.44. The standard InChI is InChI=1S/C16H25N3O.2ClH/c1-12(2)14-6-4-5-7-15(14)18-16(20)13(3)19-10-8-17-9-11-19;;/h4-7,12-13,17H,8-11H2,1-3H3,(H,18,20);2*1H. The minimum atomic E-state index is -0.0858. The molecule has 0 saturated carbocycles. The molecule has 1 aliphatic heterocycles. The van der Waals surface area contributed by atoms with E-state index in [0.29, 0.717) is 5.92 Å². The Morgan fingerprint density at radius 3 is 2.32 bits per heavy atom. The van der Waals surface area contributed by atoms with Gasteiger partial charge in [-0.1, -0.05) is 32.0 Å². The molecule has 1 unspecified atom stereocenters. The van der Waals surface area contributed by atoms with E-state index in [9.17, 15) is 4.79 Å². The summed E-state index contributed by atoms with van der Waals surface area (Å²) < 4.78 is 0. The van der Waals surface area contributed by atoms with Crippen molar-refractivity contribution in [3.63, 3.8) is 0 Å². The van der Waals surface area contributed by atoms with Crippen LogP contribution >= 0.6 is 24.8 Å². The molecule has 126 valence electrons. The van der Waals surface area contributed by atoms with E-state index in [-0.39, 0.29) is 36.8 Å². The number of benzene rings is 1. The van der Waals surface area contributed by atoms with Gasteiger partial charge in [-0.15, -0.1) is 24.8 Å². The molecule has 4 nitrogen and oxygen atoms in total. The van der Waals surface area contributed by atoms with Gasteiger partial charge in [0.15, 0.2) is 0 Å². The van der Waals surface area contributed by atoms with Crippen molar-refractivity contribution in [1.82, 2.24) is 10.2 Å². The van der Waals surface area contributed by atoms with Gasteiger partial charge in [0.2, 0.25) is 5.91 Å². The molecule has 0 aromatic heterocycles. The second kappa shape index (κ2) is 10.1. The highest BCUT2D eigenvalue weighted by Crippen LogP contribution is 2.24. The maximum absolute atomic E-state index is 12.4. The summed E-state index contributed by atoms with van der Waals surface area (Å²) >= 11 is 0. The Balaban J connectivity index is 0.00000220. The van der Waals surface area contributed by atoms with Crippen molar-refractivity contribution in [2.45, 2.75) is 32.7 Å². The molecule has 0 aliphatic carbocycles. The molecule has 1 amide bonds. The monoisotopic (exact) mass is 347 g/mol. The SMILES string of the molecule is CC(C)c1ccccc1NC(=O)C(C)N1CCNCC1.Cl.Cl. The zero-order chi connectivity index (χ0) is 14.5. The molecule has 1 fully saturated rings. The second-order valence-electron chi connectivity index (χ2n) is 5.69. The molecule has 22 heavy (non-hydrogen) atoms. The molecule has 0 radical (unpaired) electrons. The first-order valence-electron chi connectivity index (χ1n) is 7.44. The van der Waals surface area contributed by atoms with Crippen LogP contribution in [-0.2, 0) is 4.79 Å². The van der Waals surface area contributed by atoms with Crippen LogP contribution in [-0.4, -0.2) is 43.0 Å². The largest absolute Gasteiger partial charge is 0.324 e. The van der Waals surface area contributed by atoms with Gasteiger partial charge in [0.05, 0.1) is 6.04 Å². The summed E-state index contributed by atoms with van der Waals surface area (Å²) in [7, 11) is 0. The number of hydrogen-bond donors (Lipinski definition) is 2. The molecule has 2 N–H and O–H groups in total. The number of nitrogens with one attached hydrogen (secondary N) is 2. The molecule has 1 atom stereocenters. The smallest absolute Gasteiger partial charge is 0.241 e. The molecule has 6 heteroatoms. The van der Waals surface area contributed by atoms with E-state index in [1.165, 1.54) is 5.56 Å². The lowest BCUT2D eigenvalue weighted by molar-refractivity contribution is -0.120. The van der Waals surface area contributed by atoms with Crippen molar-refractivity contribution >= 4 is 36.4 Å². The molecule has 0 bridgehead atoms. The Labute approximate surface area is 145 Å². The number of hydrogen-bond acceptors (Lipinski definition) is 3. The summed E-state index contributed by atoms with van der Waals surface area (Å²) in [4.78, 5) is 14.6. The van der Waals surface area contributed by atoms with Crippen LogP contribution in [0.2, 0.25) is 0 Å². The van der Waals surface area contributed by atoms with Crippen molar-refractivity contribution in [2.75, 3.05) is 31.5 Å². The molecule has 2 rings (SSSR count).